The lowest BCUT2D eigenvalue weighted by Crippen LogP contribution is -2.31. The van der Waals surface area contributed by atoms with Crippen LogP contribution in [-0.2, 0) is 0 Å². The van der Waals surface area contributed by atoms with Crippen molar-refractivity contribution in [3.63, 3.8) is 0 Å². The zero-order chi connectivity index (χ0) is 6.69. The number of carbonyl (C=O) groups excluding carboxylic acids is 1. The first kappa shape index (κ1) is 5.68. The quantitative estimate of drug-likeness (QED) is 0.289. The molecule has 0 fully saturated rings. The molecule has 0 aliphatic rings. The van der Waals surface area contributed by atoms with E-state index in [0.29, 0.717) is 11.0 Å². The van der Waals surface area contributed by atoms with Crippen LogP contribution in [0.2, 0.25) is 0 Å². The largest absolute Gasteiger partial charge is 0.710 e. The van der Waals surface area contributed by atoms with E-state index in [1.807, 2.05) is 0 Å². The zero-order valence-corrected chi connectivity index (χ0v) is 4.52. The SMILES string of the molecule is O=Cc1nccc[n+]1[O-]. The predicted molar refractivity (Wildman–Crippen MR) is 28.6 cm³/mol. The van der Waals surface area contributed by atoms with Crippen LogP contribution in [0.4, 0.5) is 0 Å². The summed E-state index contributed by atoms with van der Waals surface area (Å²) in [4.78, 5) is 13.4. The maximum atomic E-state index is 10.5. The van der Waals surface area contributed by atoms with Crippen LogP contribution in [0.25, 0.3) is 0 Å². The van der Waals surface area contributed by atoms with Gasteiger partial charge in [0, 0.05) is 6.07 Å². The van der Waals surface area contributed by atoms with Gasteiger partial charge in [-0.15, -0.1) is 0 Å². The molecule has 1 aromatic rings. The summed E-state index contributed by atoms with van der Waals surface area (Å²) < 4.78 is 0.410. The Balaban J connectivity index is 3.15. The number of carbonyl (C=O) groups is 1. The van der Waals surface area contributed by atoms with Crippen molar-refractivity contribution in [3.8, 4) is 0 Å². The van der Waals surface area contributed by atoms with Crippen molar-refractivity contribution in [1.82, 2.24) is 4.98 Å². The van der Waals surface area contributed by atoms with Gasteiger partial charge in [0.2, 0.25) is 6.29 Å². The molecule has 0 N–H and O–H groups in total. The Hall–Kier alpha value is -1.45. The van der Waals surface area contributed by atoms with Gasteiger partial charge in [-0.1, -0.05) is 0 Å². The average molecular weight is 124 g/mol. The molecule has 0 bridgehead atoms. The number of hydrogen-bond acceptors (Lipinski definition) is 3. The number of aromatic nitrogens is 2. The summed E-state index contributed by atoms with van der Waals surface area (Å²) in [7, 11) is 0. The normalized spacial score (nSPS) is 8.89. The fourth-order valence-corrected chi connectivity index (χ4v) is 0.452. The third-order valence-electron chi connectivity index (χ3n) is 0.846. The topological polar surface area (TPSA) is 56.9 Å². The van der Waals surface area contributed by atoms with E-state index in [0.717, 1.165) is 0 Å². The van der Waals surface area contributed by atoms with E-state index >= 15 is 0 Å². The van der Waals surface area contributed by atoms with Gasteiger partial charge in [0.15, 0.2) is 0 Å². The van der Waals surface area contributed by atoms with Gasteiger partial charge >= 0.3 is 5.82 Å². The second-order valence-electron chi connectivity index (χ2n) is 1.42. The molecule has 1 heterocycles. The minimum absolute atomic E-state index is 0.113. The molecule has 0 saturated carbocycles. The third-order valence-corrected chi connectivity index (χ3v) is 0.846. The lowest BCUT2D eigenvalue weighted by atomic mass is 10.6. The Bertz CT molecular complexity index is 224. The van der Waals surface area contributed by atoms with E-state index in [1.165, 1.54) is 18.5 Å². The molecule has 46 valence electrons. The second kappa shape index (κ2) is 2.21. The van der Waals surface area contributed by atoms with Crippen LogP contribution in [0.1, 0.15) is 10.6 Å². The molecule has 0 aromatic carbocycles. The molecule has 4 heteroatoms. The summed E-state index contributed by atoms with van der Waals surface area (Å²) in [6.45, 7) is 0. The summed E-state index contributed by atoms with van der Waals surface area (Å²) in [5.74, 6) is -0.113. The second-order valence-corrected chi connectivity index (χ2v) is 1.42. The molecule has 1 rings (SSSR count). The molecular weight excluding hydrogens is 120 g/mol. The summed E-state index contributed by atoms with van der Waals surface area (Å²) in [6, 6.07) is 1.46. The third kappa shape index (κ3) is 1.02. The fraction of sp³-hybridized carbons (Fsp3) is 0. The van der Waals surface area contributed by atoms with Gasteiger partial charge in [0.1, 0.15) is 6.20 Å². The van der Waals surface area contributed by atoms with Gasteiger partial charge in [-0.05, 0) is 4.98 Å². The van der Waals surface area contributed by atoms with Gasteiger partial charge in [0.25, 0.3) is 0 Å². The summed E-state index contributed by atoms with van der Waals surface area (Å²) in [5.41, 5.74) is 0. The minimum Gasteiger partial charge on any atom is -0.710 e. The molecule has 0 unspecified atom stereocenters. The molecule has 1 aromatic heterocycles. The first-order valence-corrected chi connectivity index (χ1v) is 2.34. The molecule has 0 amide bonds. The molecule has 4 nitrogen and oxygen atoms in total. The van der Waals surface area contributed by atoms with Gasteiger partial charge < -0.3 is 5.21 Å². The highest BCUT2D eigenvalue weighted by atomic mass is 16.5. The van der Waals surface area contributed by atoms with Gasteiger partial charge in [-0.2, -0.15) is 0 Å². The van der Waals surface area contributed by atoms with Crippen LogP contribution in [0.3, 0.4) is 0 Å². The molecule has 0 aliphatic carbocycles. The Labute approximate surface area is 51.4 Å². The van der Waals surface area contributed by atoms with Crippen molar-refractivity contribution < 1.29 is 9.52 Å². The van der Waals surface area contributed by atoms with Crippen LogP contribution >= 0.6 is 0 Å². The smallest absolute Gasteiger partial charge is 0.366 e. The van der Waals surface area contributed by atoms with Crippen molar-refractivity contribution in [3.05, 3.63) is 29.5 Å². The maximum Gasteiger partial charge on any atom is 0.366 e. The molecule has 0 saturated heterocycles. The highest BCUT2D eigenvalue weighted by molar-refractivity contribution is 5.66. The zero-order valence-electron chi connectivity index (χ0n) is 4.52. The van der Waals surface area contributed by atoms with Crippen LogP contribution in [0.15, 0.2) is 18.5 Å². The lowest BCUT2D eigenvalue weighted by Gasteiger charge is -1.97. The summed E-state index contributed by atoms with van der Waals surface area (Å²) >= 11 is 0. The van der Waals surface area contributed by atoms with Crippen LogP contribution in [0.5, 0.6) is 0 Å². The molecule has 0 radical (unpaired) electrons. The number of aldehydes is 1. The van der Waals surface area contributed by atoms with Gasteiger partial charge in [0.05, 0.1) is 6.20 Å². The van der Waals surface area contributed by atoms with Crippen molar-refractivity contribution in [2.75, 3.05) is 0 Å². The summed E-state index contributed by atoms with van der Waals surface area (Å²) in [5, 5.41) is 10.5. The van der Waals surface area contributed by atoms with Crippen molar-refractivity contribution in [1.29, 1.82) is 0 Å². The standard InChI is InChI=1S/C5H4N2O2/c8-4-5-6-2-1-3-7(5)9/h1-4H. The first-order valence-electron chi connectivity index (χ1n) is 2.34. The number of nitrogens with zero attached hydrogens (tertiary/aromatic N) is 2. The van der Waals surface area contributed by atoms with E-state index in [4.69, 9.17) is 0 Å². The van der Waals surface area contributed by atoms with Crippen LogP contribution in [0, 0.1) is 5.21 Å². The number of rotatable bonds is 1. The minimum atomic E-state index is -0.113. The van der Waals surface area contributed by atoms with E-state index in [9.17, 15) is 10.0 Å². The Morgan fingerprint density at radius 2 is 2.56 bits per heavy atom. The Morgan fingerprint density at radius 3 is 3.00 bits per heavy atom. The highest BCUT2D eigenvalue weighted by Gasteiger charge is 1.99. The maximum absolute atomic E-state index is 10.5. The highest BCUT2D eigenvalue weighted by Crippen LogP contribution is 1.75. The summed E-state index contributed by atoms with van der Waals surface area (Å²) in [6.07, 6.45) is 3.02. The Kier molecular flexibility index (Phi) is 1.40. The molecule has 9 heavy (non-hydrogen) atoms. The van der Waals surface area contributed by atoms with Gasteiger partial charge in [-0.3, -0.25) is 4.79 Å². The predicted octanol–water partition coefficient (Wildman–Crippen LogP) is -0.473. The number of hydrogen-bond donors (Lipinski definition) is 0. The monoisotopic (exact) mass is 124 g/mol. The van der Waals surface area contributed by atoms with E-state index < -0.39 is 0 Å². The molecular formula is C5H4N2O2. The van der Waals surface area contributed by atoms with Crippen molar-refractivity contribution >= 4 is 6.29 Å². The molecule has 0 aliphatic heterocycles. The molecule has 0 spiro atoms. The molecule has 0 atom stereocenters. The Morgan fingerprint density at radius 1 is 1.78 bits per heavy atom. The van der Waals surface area contributed by atoms with Gasteiger partial charge in [-0.25, -0.2) is 4.73 Å². The lowest BCUT2D eigenvalue weighted by molar-refractivity contribution is -0.610. The van der Waals surface area contributed by atoms with E-state index in [1.54, 1.807) is 0 Å². The van der Waals surface area contributed by atoms with Crippen LogP contribution in [-0.4, -0.2) is 11.3 Å². The van der Waals surface area contributed by atoms with E-state index in [-0.39, 0.29) is 5.82 Å². The van der Waals surface area contributed by atoms with E-state index in [2.05, 4.69) is 4.98 Å². The first-order chi connectivity index (χ1) is 4.34. The fourth-order valence-electron chi connectivity index (χ4n) is 0.452. The van der Waals surface area contributed by atoms with Crippen LogP contribution < -0.4 is 4.73 Å². The van der Waals surface area contributed by atoms with Crippen molar-refractivity contribution in [2.24, 2.45) is 0 Å². The van der Waals surface area contributed by atoms with Crippen molar-refractivity contribution in [2.45, 2.75) is 0 Å². The average Bonchev–Trinajstić information content (AvgIpc) is 1.89.